The molecule has 0 aliphatic carbocycles. The number of hydrogen-bond donors (Lipinski definition) is 0. The zero-order valence-electron chi connectivity index (χ0n) is 10.4. The minimum absolute atomic E-state index is 0.583. The van der Waals surface area contributed by atoms with E-state index in [1.54, 1.807) is 17.5 Å². The number of pyridine rings is 1. The molecule has 0 fully saturated rings. The fourth-order valence-corrected chi connectivity index (χ4v) is 2.81. The normalized spacial score (nSPS) is 11.0. The minimum Gasteiger partial charge on any atom is -0.438 e. The van der Waals surface area contributed by atoms with E-state index in [-0.39, 0.29) is 0 Å². The Balaban J connectivity index is 1.78. The van der Waals surface area contributed by atoms with E-state index in [9.17, 15) is 0 Å². The van der Waals surface area contributed by atoms with E-state index in [2.05, 4.69) is 15.0 Å². The lowest BCUT2D eigenvalue weighted by atomic mass is 10.2. The van der Waals surface area contributed by atoms with Gasteiger partial charge in [0.25, 0.3) is 0 Å². The molecule has 0 bridgehead atoms. The topological polar surface area (TPSA) is 47.9 Å². The molecule has 0 aliphatic heterocycles. The Morgan fingerprint density at radius 1 is 1.00 bits per heavy atom. The van der Waals surface area contributed by atoms with Crippen LogP contribution >= 0.6 is 11.3 Å². The van der Waals surface area contributed by atoms with E-state index in [4.69, 9.17) is 4.74 Å². The molecule has 0 atom stereocenters. The molecule has 0 spiro atoms. The van der Waals surface area contributed by atoms with Gasteiger partial charge in [0.05, 0.1) is 5.39 Å². The van der Waals surface area contributed by atoms with E-state index < -0.39 is 0 Å². The average molecular weight is 279 g/mol. The number of hydrogen-bond acceptors (Lipinski definition) is 5. The fraction of sp³-hybridized carbons (Fsp3) is 0. The van der Waals surface area contributed by atoms with E-state index >= 15 is 0 Å². The van der Waals surface area contributed by atoms with Gasteiger partial charge in [-0.3, -0.25) is 4.98 Å². The number of rotatable bonds is 2. The van der Waals surface area contributed by atoms with Crippen LogP contribution in [0, 0.1) is 0 Å². The van der Waals surface area contributed by atoms with Gasteiger partial charge in [0.2, 0.25) is 5.88 Å². The van der Waals surface area contributed by atoms with Crippen LogP contribution in [0.25, 0.3) is 21.0 Å². The first-order valence-corrected chi connectivity index (χ1v) is 6.98. The third-order valence-electron chi connectivity index (χ3n) is 3.05. The molecule has 0 saturated carbocycles. The molecule has 0 unspecified atom stereocenters. The molecule has 0 radical (unpaired) electrons. The highest BCUT2D eigenvalue weighted by Gasteiger charge is 2.07. The summed E-state index contributed by atoms with van der Waals surface area (Å²) in [5.74, 6) is 1.33. The Kier molecular flexibility index (Phi) is 2.57. The van der Waals surface area contributed by atoms with E-state index in [1.807, 2.05) is 41.9 Å². The van der Waals surface area contributed by atoms with E-state index in [0.29, 0.717) is 5.88 Å². The Hall–Kier alpha value is -2.53. The zero-order valence-corrected chi connectivity index (χ0v) is 11.2. The quantitative estimate of drug-likeness (QED) is 0.556. The third-order valence-corrected chi connectivity index (χ3v) is 3.87. The molecule has 4 nitrogen and oxygen atoms in total. The largest absolute Gasteiger partial charge is 0.438 e. The van der Waals surface area contributed by atoms with Crippen LogP contribution in [0.1, 0.15) is 0 Å². The first-order valence-electron chi connectivity index (χ1n) is 6.10. The number of nitrogens with zero attached hydrogens (tertiary/aromatic N) is 3. The molecule has 0 aliphatic rings. The molecule has 20 heavy (non-hydrogen) atoms. The lowest BCUT2D eigenvalue weighted by Gasteiger charge is -2.06. The Morgan fingerprint density at radius 3 is 3.00 bits per heavy atom. The summed E-state index contributed by atoms with van der Waals surface area (Å²) in [6, 6.07) is 9.85. The summed E-state index contributed by atoms with van der Waals surface area (Å²) in [7, 11) is 0. The van der Waals surface area contributed by atoms with Crippen LogP contribution in [-0.2, 0) is 0 Å². The van der Waals surface area contributed by atoms with Crippen LogP contribution in [0.3, 0.4) is 0 Å². The van der Waals surface area contributed by atoms with Gasteiger partial charge < -0.3 is 4.74 Å². The molecular weight excluding hydrogens is 270 g/mol. The summed E-state index contributed by atoms with van der Waals surface area (Å²) in [4.78, 5) is 13.5. The lowest BCUT2D eigenvalue weighted by molar-refractivity contribution is 0.469. The second-order valence-electron chi connectivity index (χ2n) is 4.30. The molecule has 1 aromatic carbocycles. The molecule has 5 heteroatoms. The highest BCUT2D eigenvalue weighted by molar-refractivity contribution is 7.16. The second-order valence-corrected chi connectivity index (χ2v) is 5.20. The van der Waals surface area contributed by atoms with Crippen LogP contribution in [-0.4, -0.2) is 15.0 Å². The Labute approximate surface area is 118 Å². The highest BCUT2D eigenvalue weighted by atomic mass is 32.1. The van der Waals surface area contributed by atoms with Gasteiger partial charge in [-0.05, 0) is 35.0 Å². The standard InChI is InChI=1S/C15H9N3OS/c1-2-12(7-11-8-16-5-3-10(1)11)19-14-13-4-6-20-15(13)18-9-17-14/h1-9H. The van der Waals surface area contributed by atoms with Gasteiger partial charge >= 0.3 is 0 Å². The van der Waals surface area contributed by atoms with Crippen molar-refractivity contribution in [3.8, 4) is 11.6 Å². The van der Waals surface area contributed by atoms with Crippen molar-refractivity contribution in [3.63, 3.8) is 0 Å². The predicted octanol–water partition coefficient (Wildman–Crippen LogP) is 4.03. The van der Waals surface area contributed by atoms with Crippen molar-refractivity contribution in [2.75, 3.05) is 0 Å². The van der Waals surface area contributed by atoms with Crippen molar-refractivity contribution in [2.24, 2.45) is 0 Å². The SMILES string of the molecule is c1cc2ccc(Oc3ncnc4sccc34)cc2cn1. The second kappa shape index (κ2) is 4.54. The highest BCUT2D eigenvalue weighted by Crippen LogP contribution is 2.30. The summed E-state index contributed by atoms with van der Waals surface area (Å²) in [5.41, 5.74) is 0. The van der Waals surface area contributed by atoms with E-state index in [1.165, 1.54) is 6.33 Å². The number of ether oxygens (including phenoxy) is 1. The van der Waals surface area contributed by atoms with Gasteiger partial charge in [0.15, 0.2) is 0 Å². The average Bonchev–Trinajstić information content (AvgIpc) is 2.97. The predicted molar refractivity (Wildman–Crippen MR) is 79.2 cm³/mol. The molecule has 0 N–H and O–H groups in total. The maximum absolute atomic E-state index is 5.89. The number of thiophene rings is 1. The summed E-state index contributed by atoms with van der Waals surface area (Å²) in [6.07, 6.45) is 5.13. The molecule has 4 rings (SSSR count). The van der Waals surface area contributed by atoms with Crippen molar-refractivity contribution >= 4 is 32.3 Å². The number of benzene rings is 1. The number of fused-ring (bicyclic) bond motifs is 2. The Morgan fingerprint density at radius 2 is 2.00 bits per heavy atom. The first-order chi connectivity index (χ1) is 9.90. The van der Waals surface area contributed by atoms with Gasteiger partial charge in [-0.15, -0.1) is 11.3 Å². The molecule has 3 heterocycles. The Bertz CT molecular complexity index is 904. The van der Waals surface area contributed by atoms with Crippen LogP contribution in [0.4, 0.5) is 0 Å². The molecule has 96 valence electrons. The van der Waals surface area contributed by atoms with Gasteiger partial charge in [-0.25, -0.2) is 9.97 Å². The van der Waals surface area contributed by atoms with Crippen LogP contribution in [0.15, 0.2) is 54.4 Å². The fourth-order valence-electron chi connectivity index (χ4n) is 2.09. The monoisotopic (exact) mass is 279 g/mol. The molecule has 0 amide bonds. The molecular formula is C15H9N3OS. The summed E-state index contributed by atoms with van der Waals surface area (Å²) in [6.45, 7) is 0. The van der Waals surface area contributed by atoms with E-state index in [0.717, 1.165) is 26.7 Å². The molecule has 0 saturated heterocycles. The van der Waals surface area contributed by atoms with Crippen LogP contribution in [0.5, 0.6) is 11.6 Å². The third kappa shape index (κ3) is 1.88. The summed E-state index contributed by atoms with van der Waals surface area (Å²) in [5, 5.41) is 5.09. The maximum Gasteiger partial charge on any atom is 0.231 e. The maximum atomic E-state index is 5.89. The smallest absolute Gasteiger partial charge is 0.231 e. The van der Waals surface area contributed by atoms with Crippen molar-refractivity contribution < 1.29 is 4.74 Å². The molecule has 4 aromatic rings. The lowest BCUT2D eigenvalue weighted by Crippen LogP contribution is -1.89. The van der Waals surface area contributed by atoms with Gasteiger partial charge in [-0.1, -0.05) is 6.07 Å². The first kappa shape index (κ1) is 11.3. The van der Waals surface area contributed by atoms with Crippen molar-refractivity contribution in [1.29, 1.82) is 0 Å². The molecule has 3 aromatic heterocycles. The van der Waals surface area contributed by atoms with Crippen molar-refractivity contribution in [1.82, 2.24) is 15.0 Å². The van der Waals surface area contributed by atoms with Gasteiger partial charge in [0, 0.05) is 17.8 Å². The summed E-state index contributed by atoms with van der Waals surface area (Å²) < 4.78 is 5.89. The van der Waals surface area contributed by atoms with Gasteiger partial charge in [-0.2, -0.15) is 0 Å². The number of aromatic nitrogens is 3. The summed E-state index contributed by atoms with van der Waals surface area (Å²) >= 11 is 1.57. The van der Waals surface area contributed by atoms with Crippen molar-refractivity contribution in [2.45, 2.75) is 0 Å². The van der Waals surface area contributed by atoms with Crippen LogP contribution in [0.2, 0.25) is 0 Å². The minimum atomic E-state index is 0.583. The van der Waals surface area contributed by atoms with Gasteiger partial charge in [0.1, 0.15) is 16.9 Å². The van der Waals surface area contributed by atoms with Crippen LogP contribution < -0.4 is 4.74 Å². The zero-order chi connectivity index (χ0) is 13.4. The van der Waals surface area contributed by atoms with Crippen molar-refractivity contribution in [3.05, 3.63) is 54.4 Å².